The average Bonchev–Trinajstić information content (AvgIpc) is 2.38. The Hall–Kier alpha value is -1.83. The number of rotatable bonds is 6. The molecule has 0 aliphatic carbocycles. The van der Waals surface area contributed by atoms with Gasteiger partial charge in [-0.25, -0.2) is 12.8 Å². The van der Waals surface area contributed by atoms with E-state index in [1.165, 1.54) is 19.1 Å². The molecule has 0 aliphatic rings. The molecule has 8 heteroatoms. The Morgan fingerprint density at radius 3 is 2.79 bits per heavy atom. The Morgan fingerprint density at radius 1 is 1.53 bits per heavy atom. The molecule has 0 unspecified atom stereocenters. The highest BCUT2D eigenvalue weighted by molar-refractivity contribution is 7.91. The third-order valence-corrected chi connectivity index (χ3v) is 4.10. The van der Waals surface area contributed by atoms with Gasteiger partial charge in [-0.2, -0.15) is 0 Å². The molecule has 0 atom stereocenters. The molecule has 0 radical (unpaired) electrons. The van der Waals surface area contributed by atoms with Crippen molar-refractivity contribution in [3.8, 4) is 5.75 Å². The molecular weight excluding hydrogens is 275 g/mol. The molecule has 0 saturated carbocycles. The molecule has 1 rings (SSSR count). The molecule has 1 aromatic carbocycles. The molecule has 3 N–H and O–H groups in total. The van der Waals surface area contributed by atoms with Gasteiger partial charge in [-0.3, -0.25) is 0 Å². The van der Waals surface area contributed by atoms with Crippen LogP contribution in [0.15, 0.2) is 23.4 Å². The molecule has 0 spiro atoms. The monoisotopic (exact) mass is 290 g/mol. The second-order valence-electron chi connectivity index (χ2n) is 3.68. The summed E-state index contributed by atoms with van der Waals surface area (Å²) in [5.74, 6) is -1.30. The van der Waals surface area contributed by atoms with Gasteiger partial charge in [0.1, 0.15) is 18.2 Å². The zero-order chi connectivity index (χ0) is 14.5. The summed E-state index contributed by atoms with van der Waals surface area (Å²) in [6, 6.07) is 3.92. The van der Waals surface area contributed by atoms with E-state index in [1.807, 2.05) is 0 Å². The number of nitrogens with two attached hydrogens (primary N) is 1. The van der Waals surface area contributed by atoms with E-state index < -0.39 is 21.5 Å². The number of hydrogen-bond acceptors (Lipinski definition) is 5. The fraction of sp³-hybridized carbons (Fsp3) is 0.364. The molecule has 0 aromatic heterocycles. The Kier molecular flexibility index (Phi) is 5.11. The van der Waals surface area contributed by atoms with Crippen molar-refractivity contribution in [3.63, 3.8) is 0 Å². The van der Waals surface area contributed by atoms with Gasteiger partial charge in [-0.05, 0) is 12.1 Å². The number of amidine groups is 1. The first kappa shape index (κ1) is 15.2. The lowest BCUT2D eigenvalue weighted by molar-refractivity contribution is 0.316. The summed E-state index contributed by atoms with van der Waals surface area (Å²) >= 11 is 0. The highest BCUT2D eigenvalue weighted by atomic mass is 32.2. The van der Waals surface area contributed by atoms with Gasteiger partial charge in [-0.1, -0.05) is 18.1 Å². The quantitative estimate of drug-likeness (QED) is 0.348. The summed E-state index contributed by atoms with van der Waals surface area (Å²) in [7, 11) is -3.17. The molecule has 0 fully saturated rings. The lowest BCUT2D eigenvalue weighted by Crippen LogP contribution is -2.19. The summed E-state index contributed by atoms with van der Waals surface area (Å²) in [5.41, 5.74) is 5.15. The van der Waals surface area contributed by atoms with Crippen molar-refractivity contribution >= 4 is 15.7 Å². The second-order valence-corrected chi connectivity index (χ2v) is 6.16. The lowest BCUT2D eigenvalue weighted by atomic mass is 10.1. The molecule has 0 heterocycles. The minimum absolute atomic E-state index is 0.00655. The van der Waals surface area contributed by atoms with Crippen LogP contribution in [0.3, 0.4) is 0 Å². The van der Waals surface area contributed by atoms with Gasteiger partial charge in [0, 0.05) is 5.75 Å². The highest BCUT2D eigenvalue weighted by Crippen LogP contribution is 2.21. The van der Waals surface area contributed by atoms with Gasteiger partial charge >= 0.3 is 0 Å². The van der Waals surface area contributed by atoms with Crippen molar-refractivity contribution in [2.75, 3.05) is 18.1 Å². The molecule has 6 nitrogen and oxygen atoms in total. The summed E-state index contributed by atoms with van der Waals surface area (Å²) in [4.78, 5) is 0. The van der Waals surface area contributed by atoms with E-state index in [0.29, 0.717) is 0 Å². The molecule has 0 aliphatic heterocycles. The van der Waals surface area contributed by atoms with Crippen LogP contribution < -0.4 is 10.5 Å². The van der Waals surface area contributed by atoms with Crippen molar-refractivity contribution in [2.45, 2.75) is 6.92 Å². The third kappa shape index (κ3) is 4.09. The Labute approximate surface area is 110 Å². The van der Waals surface area contributed by atoms with E-state index in [1.54, 1.807) is 0 Å². The molecule has 19 heavy (non-hydrogen) atoms. The van der Waals surface area contributed by atoms with Crippen LogP contribution in [0.25, 0.3) is 0 Å². The molecule has 0 amide bonds. The zero-order valence-electron chi connectivity index (χ0n) is 10.3. The standard InChI is InChI=1S/C11H15FN2O4S/c1-2-19(16,17)7-6-18-9-5-3-4-8(12)10(9)11(13)14-15/h3-5,15H,2,6-7H2,1H3,(H2,13,14). The second kappa shape index (κ2) is 6.37. The maximum atomic E-state index is 13.5. The van der Waals surface area contributed by atoms with Crippen molar-refractivity contribution in [1.82, 2.24) is 0 Å². The minimum atomic E-state index is -3.17. The van der Waals surface area contributed by atoms with E-state index in [9.17, 15) is 12.8 Å². The van der Waals surface area contributed by atoms with Crippen molar-refractivity contribution in [2.24, 2.45) is 10.9 Å². The van der Waals surface area contributed by atoms with E-state index >= 15 is 0 Å². The number of oxime groups is 1. The van der Waals surface area contributed by atoms with E-state index in [2.05, 4.69) is 5.16 Å². The van der Waals surface area contributed by atoms with E-state index in [0.717, 1.165) is 6.07 Å². The van der Waals surface area contributed by atoms with E-state index in [-0.39, 0.29) is 29.4 Å². The molecule has 1 aromatic rings. The van der Waals surface area contributed by atoms with Crippen LogP contribution in [0.1, 0.15) is 12.5 Å². The van der Waals surface area contributed by atoms with Crippen LogP contribution in [0.4, 0.5) is 4.39 Å². The predicted molar refractivity (Wildman–Crippen MR) is 68.7 cm³/mol. The van der Waals surface area contributed by atoms with Gasteiger partial charge in [0.2, 0.25) is 0 Å². The number of nitrogens with zero attached hydrogens (tertiary/aromatic N) is 1. The van der Waals surface area contributed by atoms with Gasteiger partial charge in [0.05, 0.1) is 11.3 Å². The number of halogens is 1. The normalized spacial score (nSPS) is 12.4. The Bertz CT molecular complexity index is 572. The van der Waals surface area contributed by atoms with E-state index in [4.69, 9.17) is 15.7 Å². The van der Waals surface area contributed by atoms with Crippen molar-refractivity contribution in [3.05, 3.63) is 29.6 Å². The fourth-order valence-electron chi connectivity index (χ4n) is 1.35. The minimum Gasteiger partial charge on any atom is -0.492 e. The maximum Gasteiger partial charge on any atom is 0.176 e. The number of ether oxygens (including phenoxy) is 1. The fourth-order valence-corrected chi connectivity index (χ4v) is 1.97. The van der Waals surface area contributed by atoms with Crippen molar-refractivity contribution in [1.29, 1.82) is 0 Å². The van der Waals surface area contributed by atoms with Crippen LogP contribution in [0.5, 0.6) is 5.75 Å². The first-order valence-corrected chi connectivity index (χ1v) is 7.33. The van der Waals surface area contributed by atoms with Gasteiger partial charge in [0.15, 0.2) is 15.7 Å². The van der Waals surface area contributed by atoms with Gasteiger partial charge in [-0.15, -0.1) is 0 Å². The lowest BCUT2D eigenvalue weighted by Gasteiger charge is -2.11. The van der Waals surface area contributed by atoms with Crippen LogP contribution in [-0.4, -0.2) is 37.6 Å². The first-order chi connectivity index (χ1) is 8.91. The highest BCUT2D eigenvalue weighted by Gasteiger charge is 2.15. The first-order valence-electron chi connectivity index (χ1n) is 5.51. The summed E-state index contributed by atoms with van der Waals surface area (Å²) in [6.45, 7) is 1.39. The predicted octanol–water partition coefficient (Wildman–Crippen LogP) is 0.734. The third-order valence-electron chi connectivity index (χ3n) is 2.43. The van der Waals surface area contributed by atoms with Crippen LogP contribution in [0, 0.1) is 5.82 Å². The molecule has 106 valence electrons. The number of benzene rings is 1. The van der Waals surface area contributed by atoms with Crippen LogP contribution >= 0.6 is 0 Å². The summed E-state index contributed by atoms with van der Waals surface area (Å²) < 4.78 is 41.3. The zero-order valence-corrected chi connectivity index (χ0v) is 11.2. The van der Waals surface area contributed by atoms with Crippen LogP contribution in [-0.2, 0) is 9.84 Å². The average molecular weight is 290 g/mol. The maximum absolute atomic E-state index is 13.5. The smallest absolute Gasteiger partial charge is 0.176 e. The summed E-state index contributed by atoms with van der Waals surface area (Å²) in [6.07, 6.45) is 0. The topological polar surface area (TPSA) is 102 Å². The number of sulfone groups is 1. The Balaban J connectivity index is 2.88. The van der Waals surface area contributed by atoms with Gasteiger partial charge < -0.3 is 15.7 Å². The Morgan fingerprint density at radius 2 is 2.21 bits per heavy atom. The van der Waals surface area contributed by atoms with Crippen LogP contribution in [0.2, 0.25) is 0 Å². The largest absolute Gasteiger partial charge is 0.492 e. The van der Waals surface area contributed by atoms with Crippen molar-refractivity contribution < 1.29 is 22.8 Å². The molecule has 0 saturated heterocycles. The SMILES string of the molecule is CCS(=O)(=O)CCOc1cccc(F)c1/C(N)=N/O. The number of hydrogen-bond donors (Lipinski definition) is 2. The molecule has 0 bridgehead atoms. The molecular formula is C11H15FN2O4S. The van der Waals surface area contributed by atoms with Gasteiger partial charge in [0.25, 0.3) is 0 Å². The summed E-state index contributed by atoms with van der Waals surface area (Å²) in [5, 5.41) is 11.3.